The first kappa shape index (κ1) is 20.8. The van der Waals surface area contributed by atoms with E-state index < -0.39 is 17.8 Å². The largest absolute Gasteiger partial charge is 0.452 e. The number of carbonyl (C=O) groups excluding carboxylic acids is 4. The molecule has 7 heteroatoms. The zero-order valence-electron chi connectivity index (χ0n) is 17.5. The molecule has 1 fully saturated rings. The summed E-state index contributed by atoms with van der Waals surface area (Å²) >= 11 is 0. The van der Waals surface area contributed by atoms with Gasteiger partial charge in [-0.05, 0) is 63.4 Å². The van der Waals surface area contributed by atoms with Gasteiger partial charge in [0.25, 0.3) is 17.7 Å². The number of hydrogen-bond acceptors (Lipinski definition) is 5. The minimum atomic E-state index is -0.677. The first-order chi connectivity index (χ1) is 14.9. The minimum absolute atomic E-state index is 0.118. The van der Waals surface area contributed by atoms with E-state index in [0.717, 1.165) is 24.2 Å². The van der Waals surface area contributed by atoms with E-state index in [9.17, 15) is 19.2 Å². The maximum Gasteiger partial charge on any atom is 0.338 e. The predicted molar refractivity (Wildman–Crippen MR) is 114 cm³/mol. The molecule has 2 atom stereocenters. The Labute approximate surface area is 180 Å². The van der Waals surface area contributed by atoms with Crippen LogP contribution >= 0.6 is 0 Å². The van der Waals surface area contributed by atoms with E-state index in [0.29, 0.717) is 11.1 Å². The standard InChI is InChI=1S/C24H24N2O5/c1-15-7-5-8-16(2)25(15)21(27)14-31-24(30)17-9-6-10-18(13-17)26-22(28)19-11-3-4-12-20(19)23(26)29/h3-4,6,9-13,15-16H,5,7-8,14H2,1-2H3/t15-,16+. The van der Waals surface area contributed by atoms with Gasteiger partial charge in [0.2, 0.25) is 0 Å². The van der Waals surface area contributed by atoms with Crippen LogP contribution < -0.4 is 4.90 Å². The Morgan fingerprint density at radius 2 is 1.55 bits per heavy atom. The highest BCUT2D eigenvalue weighted by atomic mass is 16.5. The van der Waals surface area contributed by atoms with Gasteiger partial charge in [-0.2, -0.15) is 0 Å². The number of piperidine rings is 1. The number of carbonyl (C=O) groups is 4. The molecule has 0 N–H and O–H groups in total. The van der Waals surface area contributed by atoms with Crippen LogP contribution in [0.15, 0.2) is 48.5 Å². The molecule has 2 aromatic carbocycles. The average Bonchev–Trinajstić information content (AvgIpc) is 3.02. The second-order valence-corrected chi connectivity index (χ2v) is 8.05. The normalized spacial score (nSPS) is 20.6. The van der Waals surface area contributed by atoms with Gasteiger partial charge in [0.15, 0.2) is 6.61 Å². The second-order valence-electron chi connectivity index (χ2n) is 8.05. The molecule has 2 aliphatic rings. The van der Waals surface area contributed by atoms with Crippen molar-refractivity contribution in [3.8, 4) is 0 Å². The van der Waals surface area contributed by atoms with Crippen molar-refractivity contribution in [1.29, 1.82) is 0 Å². The van der Waals surface area contributed by atoms with Crippen LogP contribution in [-0.4, -0.2) is 47.3 Å². The summed E-state index contributed by atoms with van der Waals surface area (Å²) in [7, 11) is 0. The molecule has 0 spiro atoms. The van der Waals surface area contributed by atoms with Gasteiger partial charge in [-0.25, -0.2) is 9.69 Å². The van der Waals surface area contributed by atoms with Crippen LogP contribution in [0.4, 0.5) is 5.69 Å². The molecule has 0 radical (unpaired) electrons. The number of likely N-dealkylation sites (tertiary alicyclic amines) is 1. The van der Waals surface area contributed by atoms with E-state index in [1.807, 2.05) is 13.8 Å². The monoisotopic (exact) mass is 420 g/mol. The van der Waals surface area contributed by atoms with E-state index in [-0.39, 0.29) is 35.8 Å². The van der Waals surface area contributed by atoms with Crippen LogP contribution in [0, 0.1) is 0 Å². The molecule has 4 rings (SSSR count). The van der Waals surface area contributed by atoms with E-state index in [1.54, 1.807) is 41.3 Å². The molecule has 0 bridgehead atoms. The van der Waals surface area contributed by atoms with Gasteiger partial charge in [0.05, 0.1) is 22.4 Å². The lowest BCUT2D eigenvalue weighted by atomic mass is 9.97. The van der Waals surface area contributed by atoms with E-state index in [1.165, 1.54) is 12.1 Å². The Kier molecular flexibility index (Phi) is 5.59. The van der Waals surface area contributed by atoms with Gasteiger partial charge in [-0.15, -0.1) is 0 Å². The summed E-state index contributed by atoms with van der Waals surface area (Å²) in [6.07, 6.45) is 2.95. The fourth-order valence-corrected chi connectivity index (χ4v) is 4.39. The van der Waals surface area contributed by atoms with Gasteiger partial charge >= 0.3 is 5.97 Å². The van der Waals surface area contributed by atoms with Crippen molar-refractivity contribution in [3.05, 3.63) is 65.2 Å². The molecule has 160 valence electrons. The van der Waals surface area contributed by atoms with Crippen LogP contribution in [-0.2, 0) is 9.53 Å². The summed E-state index contributed by atoms with van der Waals surface area (Å²) in [6.45, 7) is 3.66. The quantitative estimate of drug-likeness (QED) is 0.559. The fraction of sp³-hybridized carbons (Fsp3) is 0.333. The number of esters is 1. The molecular formula is C24H24N2O5. The van der Waals surface area contributed by atoms with Crippen molar-refractivity contribution < 1.29 is 23.9 Å². The highest BCUT2D eigenvalue weighted by Gasteiger charge is 2.36. The first-order valence-electron chi connectivity index (χ1n) is 10.4. The SMILES string of the molecule is C[C@@H]1CCC[C@H](C)N1C(=O)COC(=O)c1cccc(N2C(=O)c3ccccc3C2=O)c1. The van der Waals surface area contributed by atoms with Crippen molar-refractivity contribution in [2.24, 2.45) is 0 Å². The van der Waals surface area contributed by atoms with Crippen molar-refractivity contribution >= 4 is 29.4 Å². The Bertz CT molecular complexity index is 1020. The molecule has 7 nitrogen and oxygen atoms in total. The summed E-state index contributed by atoms with van der Waals surface area (Å²) in [5.74, 6) is -1.77. The number of nitrogens with zero attached hydrogens (tertiary/aromatic N) is 2. The number of rotatable bonds is 4. The Hall–Kier alpha value is -3.48. The van der Waals surface area contributed by atoms with Crippen LogP contribution in [0.3, 0.4) is 0 Å². The molecule has 2 aliphatic heterocycles. The first-order valence-corrected chi connectivity index (χ1v) is 10.4. The third kappa shape index (κ3) is 3.83. The number of hydrogen-bond donors (Lipinski definition) is 0. The van der Waals surface area contributed by atoms with Gasteiger partial charge < -0.3 is 9.64 Å². The highest BCUT2D eigenvalue weighted by Crippen LogP contribution is 2.29. The number of benzene rings is 2. The molecule has 31 heavy (non-hydrogen) atoms. The summed E-state index contributed by atoms with van der Waals surface area (Å²) < 4.78 is 5.25. The molecule has 3 amide bonds. The van der Waals surface area contributed by atoms with Crippen LogP contribution in [0.25, 0.3) is 0 Å². The molecule has 2 heterocycles. The van der Waals surface area contributed by atoms with Crippen molar-refractivity contribution in [1.82, 2.24) is 4.90 Å². The zero-order valence-corrected chi connectivity index (χ0v) is 17.5. The smallest absolute Gasteiger partial charge is 0.338 e. The highest BCUT2D eigenvalue weighted by molar-refractivity contribution is 6.34. The fourth-order valence-electron chi connectivity index (χ4n) is 4.39. The maximum atomic E-state index is 12.7. The van der Waals surface area contributed by atoms with Crippen molar-refractivity contribution in [2.45, 2.75) is 45.2 Å². The molecule has 1 saturated heterocycles. The average molecular weight is 420 g/mol. The van der Waals surface area contributed by atoms with Crippen molar-refractivity contribution in [2.75, 3.05) is 11.5 Å². The second kappa shape index (κ2) is 8.34. The molecule has 0 unspecified atom stereocenters. The predicted octanol–water partition coefficient (Wildman–Crippen LogP) is 3.43. The number of anilines is 1. The molecule has 0 aliphatic carbocycles. The number of fused-ring (bicyclic) bond motifs is 1. The molecular weight excluding hydrogens is 396 g/mol. The molecule has 0 aromatic heterocycles. The van der Waals surface area contributed by atoms with Crippen LogP contribution in [0.5, 0.6) is 0 Å². The number of imide groups is 1. The van der Waals surface area contributed by atoms with Gasteiger partial charge in [-0.1, -0.05) is 18.2 Å². The van der Waals surface area contributed by atoms with E-state index >= 15 is 0 Å². The van der Waals surface area contributed by atoms with Crippen molar-refractivity contribution in [3.63, 3.8) is 0 Å². The summed E-state index contributed by atoms with van der Waals surface area (Å²) in [5.41, 5.74) is 1.11. The minimum Gasteiger partial charge on any atom is -0.452 e. The van der Waals surface area contributed by atoms with Gasteiger partial charge in [-0.3, -0.25) is 14.4 Å². The third-order valence-corrected chi connectivity index (χ3v) is 5.94. The summed E-state index contributed by atoms with van der Waals surface area (Å²) in [4.78, 5) is 53.3. The Morgan fingerprint density at radius 1 is 0.935 bits per heavy atom. The lowest BCUT2D eigenvalue weighted by Gasteiger charge is -2.38. The lowest BCUT2D eigenvalue weighted by Crippen LogP contribution is -2.49. The lowest BCUT2D eigenvalue weighted by molar-refractivity contribution is -0.140. The Morgan fingerprint density at radius 3 is 2.16 bits per heavy atom. The van der Waals surface area contributed by atoms with Crippen LogP contribution in [0.2, 0.25) is 0 Å². The van der Waals surface area contributed by atoms with Gasteiger partial charge in [0.1, 0.15) is 0 Å². The number of amides is 3. The molecule has 2 aromatic rings. The molecule has 0 saturated carbocycles. The van der Waals surface area contributed by atoms with E-state index in [4.69, 9.17) is 4.74 Å². The Balaban J connectivity index is 1.46. The summed E-state index contributed by atoms with van der Waals surface area (Å²) in [5, 5.41) is 0. The zero-order chi connectivity index (χ0) is 22.1. The maximum absolute atomic E-state index is 12.7. The topological polar surface area (TPSA) is 84.0 Å². The summed E-state index contributed by atoms with van der Waals surface area (Å²) in [6, 6.07) is 12.9. The number of ether oxygens (including phenoxy) is 1. The van der Waals surface area contributed by atoms with E-state index in [2.05, 4.69) is 0 Å². The third-order valence-electron chi connectivity index (χ3n) is 5.94. The van der Waals surface area contributed by atoms with Crippen LogP contribution in [0.1, 0.15) is 64.2 Å². The van der Waals surface area contributed by atoms with Gasteiger partial charge in [0, 0.05) is 12.1 Å².